The van der Waals surface area contributed by atoms with Crippen molar-refractivity contribution in [1.29, 1.82) is 0 Å². The number of unbranched alkanes of at least 4 members (excludes halogenated alkanes) is 5. The number of aliphatic hydroxyl groups excluding tert-OH is 3. The molecule has 426 valence electrons. The van der Waals surface area contributed by atoms with Crippen LogP contribution in [0.5, 0.6) is 0 Å². The fourth-order valence-electron chi connectivity index (χ4n) is 11.6. The summed E-state index contributed by atoms with van der Waals surface area (Å²) >= 11 is 0. The van der Waals surface area contributed by atoms with Crippen LogP contribution in [0.1, 0.15) is 145 Å². The molecule has 1 aromatic carbocycles. The second kappa shape index (κ2) is 27.4. The summed E-state index contributed by atoms with van der Waals surface area (Å²) in [5.41, 5.74) is -0.0528. The number of rotatable bonds is 20. The van der Waals surface area contributed by atoms with Crippen LogP contribution in [0.25, 0.3) is 11.3 Å². The average molecular weight is 1060 g/mol. The van der Waals surface area contributed by atoms with Crippen LogP contribution in [0, 0.1) is 23.7 Å². The summed E-state index contributed by atoms with van der Waals surface area (Å²) in [6.45, 7) is 18.3. The first-order valence-corrected chi connectivity index (χ1v) is 27.2. The Morgan fingerprint density at radius 3 is 2.13 bits per heavy atom. The maximum absolute atomic E-state index is 14.5. The summed E-state index contributed by atoms with van der Waals surface area (Å²) in [6, 6.07) is 7.64. The van der Waals surface area contributed by atoms with Gasteiger partial charge in [-0.1, -0.05) is 82.9 Å². The Kier molecular flexibility index (Phi) is 22.8. The molecule has 2 aromatic rings. The number of hydrogen-bond donors (Lipinski definition) is 6. The quantitative estimate of drug-likeness (QED) is 0.0414. The maximum Gasteiger partial charge on any atom is 0.311 e. The highest BCUT2D eigenvalue weighted by atomic mass is 16.7. The highest BCUT2D eigenvalue weighted by molar-refractivity contribution is 5.83. The Labute approximate surface area is 444 Å². The van der Waals surface area contributed by atoms with E-state index >= 15 is 0 Å². The van der Waals surface area contributed by atoms with E-state index in [4.69, 9.17) is 38.4 Å². The number of cyclic esters (lactones) is 1. The Bertz CT molecular complexity index is 2110. The monoisotopic (exact) mass is 1060 g/mol. The number of carbonyl (C=O) groups is 3. The zero-order valence-corrected chi connectivity index (χ0v) is 46.8. The minimum atomic E-state index is -2.00. The van der Waals surface area contributed by atoms with Crippen LogP contribution >= 0.6 is 0 Å². The molecule has 0 saturated carbocycles. The average Bonchev–Trinajstić information content (AvgIpc) is 3.86. The Balaban J connectivity index is 1.38. The number of methoxy groups -OCH3 is 2. The van der Waals surface area contributed by atoms with Gasteiger partial charge in [-0.25, -0.2) is 5.48 Å². The minimum Gasteiger partial charge on any atom is -0.459 e. The van der Waals surface area contributed by atoms with Crippen LogP contribution in [0.2, 0.25) is 0 Å². The van der Waals surface area contributed by atoms with Crippen molar-refractivity contribution >= 4 is 17.7 Å². The SMILES string of the molecule is CCC1OC(=O)[C@H](C)[C@H](OC2C[C@@](C)(OC)[C@@H](O)[C@H](C)O2)[C@H](C)[C@@H](OC2O[C@H](C)C[C@H](N(C)Cc3ccc(-c4cn(CCCCCCCCC(=O)NO)nn4)cc3)[C@H]2O)[C@@](C)(OC)C[C@@H](C)C(=O)[C@H](C)[C@@H](O)[C@]1(C)O. The van der Waals surface area contributed by atoms with E-state index in [9.17, 15) is 34.8 Å². The fourth-order valence-corrected chi connectivity index (χ4v) is 11.6. The lowest BCUT2D eigenvalue weighted by atomic mass is 9.74. The summed E-state index contributed by atoms with van der Waals surface area (Å²) in [7, 11) is 4.95. The molecule has 0 radical (unpaired) electrons. The number of ether oxygens (including phenoxy) is 7. The molecule has 0 spiro atoms. The predicted octanol–water partition coefficient (Wildman–Crippen LogP) is 5.50. The normalized spacial score (nSPS) is 37.5. The lowest BCUT2D eigenvalue weighted by Gasteiger charge is -2.50. The van der Waals surface area contributed by atoms with E-state index in [0.29, 0.717) is 19.4 Å². The highest BCUT2D eigenvalue weighted by Crippen LogP contribution is 2.42. The number of carbonyl (C=O) groups excluding carboxylic acids is 3. The van der Waals surface area contributed by atoms with Crippen LogP contribution in [-0.4, -0.2) is 169 Å². The maximum atomic E-state index is 14.5. The number of esters is 1. The van der Waals surface area contributed by atoms with E-state index in [1.807, 2.05) is 56.0 Å². The van der Waals surface area contributed by atoms with Gasteiger partial charge in [0.2, 0.25) is 5.91 Å². The van der Waals surface area contributed by atoms with Crippen molar-refractivity contribution < 1.29 is 73.2 Å². The smallest absolute Gasteiger partial charge is 0.311 e. The zero-order chi connectivity index (χ0) is 55.6. The molecule has 0 aliphatic carbocycles. The summed E-state index contributed by atoms with van der Waals surface area (Å²) in [6.07, 6.45) is -1.58. The Hall–Kier alpha value is -3.51. The molecular weight excluding hydrogens is 971 g/mol. The molecule has 6 N–H and O–H groups in total. The summed E-state index contributed by atoms with van der Waals surface area (Å²) < 4.78 is 46.7. The van der Waals surface area contributed by atoms with Gasteiger partial charge in [-0.15, -0.1) is 5.10 Å². The molecule has 1 amide bonds. The molecule has 4 heterocycles. The van der Waals surface area contributed by atoms with Crippen molar-refractivity contribution in [3.63, 3.8) is 0 Å². The second-order valence-corrected chi connectivity index (χ2v) is 22.6. The molecule has 3 fully saturated rings. The van der Waals surface area contributed by atoms with Crippen molar-refractivity contribution in [3.8, 4) is 11.3 Å². The van der Waals surface area contributed by atoms with Gasteiger partial charge in [0.25, 0.3) is 0 Å². The van der Waals surface area contributed by atoms with E-state index in [1.165, 1.54) is 21.1 Å². The molecule has 3 saturated heterocycles. The number of aromatic nitrogens is 3. The van der Waals surface area contributed by atoms with E-state index in [0.717, 1.165) is 61.9 Å². The first kappa shape index (κ1) is 62.3. The molecular formula is C55H91N5O15. The van der Waals surface area contributed by atoms with Gasteiger partial charge in [0.1, 0.15) is 35.4 Å². The first-order valence-electron chi connectivity index (χ1n) is 27.2. The zero-order valence-electron chi connectivity index (χ0n) is 46.8. The molecule has 20 nitrogen and oxygen atoms in total. The van der Waals surface area contributed by atoms with Gasteiger partial charge in [0.05, 0.1) is 53.8 Å². The van der Waals surface area contributed by atoms with Gasteiger partial charge in [-0.2, -0.15) is 0 Å². The van der Waals surface area contributed by atoms with Gasteiger partial charge in [-0.05, 0) is 86.3 Å². The van der Waals surface area contributed by atoms with Crippen LogP contribution < -0.4 is 5.48 Å². The number of ketones is 1. The van der Waals surface area contributed by atoms with Gasteiger partial charge in [0.15, 0.2) is 12.6 Å². The van der Waals surface area contributed by atoms with E-state index in [-0.39, 0.29) is 37.1 Å². The molecule has 18 atom stereocenters. The van der Waals surface area contributed by atoms with Crippen molar-refractivity contribution in [2.75, 3.05) is 21.3 Å². The summed E-state index contributed by atoms with van der Waals surface area (Å²) in [5.74, 6) is -5.09. The molecule has 3 aliphatic rings. The third-order valence-electron chi connectivity index (χ3n) is 16.6. The Morgan fingerprint density at radius 1 is 0.867 bits per heavy atom. The number of nitrogens with one attached hydrogen (secondary N) is 1. The summed E-state index contributed by atoms with van der Waals surface area (Å²) in [5, 5.41) is 64.3. The molecule has 5 rings (SSSR count). The number of likely N-dealkylation sites (N-methyl/N-ethyl adjacent to an activating group) is 1. The van der Waals surface area contributed by atoms with Gasteiger partial charge < -0.3 is 53.6 Å². The van der Waals surface area contributed by atoms with E-state index in [2.05, 4.69) is 15.2 Å². The van der Waals surface area contributed by atoms with Gasteiger partial charge >= 0.3 is 5.97 Å². The number of hydroxylamine groups is 1. The number of aliphatic hydroxyl groups is 4. The van der Waals surface area contributed by atoms with E-state index < -0.39 is 108 Å². The molecule has 3 unspecified atom stereocenters. The van der Waals surface area contributed by atoms with Gasteiger partial charge in [-0.3, -0.25) is 29.2 Å². The molecule has 0 bridgehead atoms. The van der Waals surface area contributed by atoms with Crippen LogP contribution in [0.4, 0.5) is 0 Å². The van der Waals surface area contributed by atoms with Crippen LogP contribution in [-0.2, 0) is 60.6 Å². The Morgan fingerprint density at radius 2 is 1.51 bits per heavy atom. The van der Waals surface area contributed by atoms with Crippen LogP contribution in [0.3, 0.4) is 0 Å². The molecule has 20 heteroatoms. The lowest BCUT2D eigenvalue weighted by molar-refractivity contribution is -0.319. The lowest BCUT2D eigenvalue weighted by Crippen LogP contribution is -2.61. The number of nitrogens with zero attached hydrogens (tertiary/aromatic N) is 4. The van der Waals surface area contributed by atoms with Crippen molar-refractivity contribution in [2.45, 2.75) is 237 Å². The molecule has 1 aromatic heterocycles. The van der Waals surface area contributed by atoms with Gasteiger partial charge in [0, 0.05) is 69.5 Å². The van der Waals surface area contributed by atoms with E-state index in [1.54, 1.807) is 53.9 Å². The second-order valence-electron chi connectivity index (χ2n) is 22.6. The molecule has 3 aliphatic heterocycles. The predicted molar refractivity (Wildman–Crippen MR) is 277 cm³/mol. The first-order chi connectivity index (χ1) is 35.3. The summed E-state index contributed by atoms with van der Waals surface area (Å²) in [4.78, 5) is 42.0. The van der Waals surface area contributed by atoms with Crippen molar-refractivity contribution in [3.05, 3.63) is 36.0 Å². The number of Topliss-reactive ketones (excluding diaryl/α,β-unsaturated/α-hetero) is 1. The van der Waals surface area contributed by atoms with Crippen molar-refractivity contribution in [1.82, 2.24) is 25.4 Å². The number of benzene rings is 1. The minimum absolute atomic E-state index is 0.0655. The topological polar surface area (TPSA) is 263 Å². The third kappa shape index (κ3) is 15.4. The number of hydrogen-bond acceptors (Lipinski definition) is 18. The standard InChI is InChI=1S/C55H91N5O15/c1-14-42-55(10,67)48(64)34(4)45(62)32(2)28-54(9,70-13)50(35(5)47(36(6)51(66)73-42)74-44-29-53(8,69-12)49(65)37(7)72-44)75-52-46(63)41(27-33(3)71-52)59(11)30-38-22-24-39(25-23-38)40-31-60(58-56-40)26-20-18-16-15-17-19-21-43(61)57-68/h22-25,31-37,41-42,44,46-50,52,63-65,67-68H,14-21,26-30H2,1-13H3,(H,57,61)/t32-,33-,34+,35+,36-,37+,41+,42?,44?,46-,47-,48-,49+,50-,52?,53-,54+,55-/m1/s1. The molecule has 75 heavy (non-hydrogen) atoms. The number of aryl methyl sites for hydroxylation is 1. The highest BCUT2D eigenvalue weighted by Gasteiger charge is 2.54. The largest absolute Gasteiger partial charge is 0.459 e. The van der Waals surface area contributed by atoms with Crippen molar-refractivity contribution in [2.24, 2.45) is 23.7 Å². The fraction of sp³-hybridized carbons (Fsp3) is 0.800. The number of amides is 1. The van der Waals surface area contributed by atoms with Crippen LogP contribution in [0.15, 0.2) is 30.5 Å². The third-order valence-corrected chi connectivity index (χ3v) is 16.6.